The predicted molar refractivity (Wildman–Crippen MR) is 97.8 cm³/mol. The first-order valence-corrected chi connectivity index (χ1v) is 8.35. The minimum atomic E-state index is -0.324. The van der Waals surface area contributed by atoms with E-state index in [1.54, 1.807) is 12.1 Å². The second kappa shape index (κ2) is 8.50. The van der Waals surface area contributed by atoms with E-state index in [1.807, 2.05) is 24.3 Å². The molecule has 24 heavy (non-hydrogen) atoms. The second-order valence-electron chi connectivity index (χ2n) is 5.53. The van der Waals surface area contributed by atoms with Crippen molar-refractivity contribution in [3.05, 3.63) is 64.2 Å². The molecular weight excluding hydrogens is 324 g/mol. The monoisotopic (exact) mass is 344 g/mol. The molecule has 0 aromatic heterocycles. The van der Waals surface area contributed by atoms with Crippen molar-refractivity contribution in [1.29, 1.82) is 0 Å². The summed E-state index contributed by atoms with van der Waals surface area (Å²) in [6.07, 6.45) is 3.35. The van der Waals surface area contributed by atoms with Gasteiger partial charge in [0.25, 0.3) is 11.8 Å². The summed E-state index contributed by atoms with van der Waals surface area (Å²) in [6, 6.07) is 12.4. The molecular formula is C19H21ClN2O2. The van der Waals surface area contributed by atoms with E-state index in [9.17, 15) is 9.59 Å². The summed E-state index contributed by atoms with van der Waals surface area (Å²) in [4.78, 5) is 24.1. The first kappa shape index (κ1) is 18.0. The molecule has 0 radical (unpaired) electrons. The van der Waals surface area contributed by atoms with Crippen molar-refractivity contribution in [2.24, 2.45) is 0 Å². The molecule has 0 aliphatic rings. The quantitative estimate of drug-likeness (QED) is 0.821. The van der Waals surface area contributed by atoms with Gasteiger partial charge in [0, 0.05) is 18.3 Å². The van der Waals surface area contributed by atoms with Crippen LogP contribution in [0.2, 0.25) is 5.02 Å². The number of carbonyl (C=O) groups excluding carboxylic acids is 2. The zero-order chi connectivity index (χ0) is 17.5. The molecule has 0 saturated heterocycles. The molecule has 126 valence electrons. The van der Waals surface area contributed by atoms with Crippen LogP contribution in [-0.4, -0.2) is 18.9 Å². The van der Waals surface area contributed by atoms with Gasteiger partial charge in [-0.1, -0.05) is 37.1 Å². The third-order valence-electron chi connectivity index (χ3n) is 3.73. The number of amides is 2. The summed E-state index contributed by atoms with van der Waals surface area (Å²) in [5.74, 6) is -0.604. The minimum Gasteiger partial charge on any atom is -0.355 e. The maximum atomic E-state index is 12.4. The van der Waals surface area contributed by atoms with E-state index in [2.05, 4.69) is 17.6 Å². The Hall–Kier alpha value is -2.33. The molecule has 0 aliphatic carbocycles. The maximum absolute atomic E-state index is 12.4. The van der Waals surface area contributed by atoms with Crippen LogP contribution < -0.4 is 10.6 Å². The lowest BCUT2D eigenvalue weighted by Crippen LogP contribution is -2.19. The highest BCUT2D eigenvalue weighted by Gasteiger charge is 2.13. The van der Waals surface area contributed by atoms with Crippen molar-refractivity contribution in [2.75, 3.05) is 12.4 Å². The van der Waals surface area contributed by atoms with Gasteiger partial charge in [-0.2, -0.15) is 0 Å². The van der Waals surface area contributed by atoms with Crippen LogP contribution in [0.25, 0.3) is 0 Å². The lowest BCUT2D eigenvalue weighted by Gasteiger charge is -2.09. The Kier molecular flexibility index (Phi) is 6.38. The molecule has 0 atom stereocenters. The molecule has 0 saturated carbocycles. The smallest absolute Gasteiger partial charge is 0.255 e. The molecule has 0 heterocycles. The van der Waals surface area contributed by atoms with Crippen molar-refractivity contribution in [1.82, 2.24) is 5.32 Å². The first-order valence-electron chi connectivity index (χ1n) is 7.97. The molecule has 0 unspecified atom stereocenters. The number of hydrogen-bond donors (Lipinski definition) is 2. The summed E-state index contributed by atoms with van der Waals surface area (Å²) in [5, 5.41) is 5.65. The maximum Gasteiger partial charge on any atom is 0.255 e. The molecule has 0 aliphatic heterocycles. The van der Waals surface area contributed by atoms with Crippen LogP contribution in [0.5, 0.6) is 0 Å². The van der Waals surface area contributed by atoms with Crippen LogP contribution in [0, 0.1) is 0 Å². The van der Waals surface area contributed by atoms with Gasteiger partial charge >= 0.3 is 0 Å². The number of anilines is 1. The van der Waals surface area contributed by atoms with E-state index in [-0.39, 0.29) is 17.4 Å². The Balaban J connectivity index is 2.10. The van der Waals surface area contributed by atoms with Crippen LogP contribution in [0.1, 0.15) is 46.0 Å². The van der Waals surface area contributed by atoms with Gasteiger partial charge in [-0.25, -0.2) is 0 Å². The Morgan fingerprint density at radius 2 is 1.75 bits per heavy atom. The lowest BCUT2D eigenvalue weighted by atomic mass is 10.1. The molecule has 0 fully saturated rings. The van der Waals surface area contributed by atoms with Crippen molar-refractivity contribution in [2.45, 2.75) is 26.2 Å². The molecule has 4 nitrogen and oxygen atoms in total. The number of carbonyl (C=O) groups is 2. The van der Waals surface area contributed by atoms with Gasteiger partial charge in [-0.05, 0) is 48.7 Å². The van der Waals surface area contributed by atoms with E-state index in [4.69, 9.17) is 11.6 Å². The van der Waals surface area contributed by atoms with Crippen LogP contribution >= 0.6 is 11.6 Å². The van der Waals surface area contributed by atoms with Gasteiger partial charge in [0.15, 0.2) is 0 Å². The molecule has 5 heteroatoms. The third-order valence-corrected chi connectivity index (χ3v) is 4.06. The highest BCUT2D eigenvalue weighted by molar-refractivity contribution is 6.34. The van der Waals surface area contributed by atoms with Gasteiger partial charge in [0.05, 0.1) is 10.6 Å². The molecule has 2 rings (SSSR count). The minimum absolute atomic E-state index is 0.279. The Labute approximate surface area is 147 Å². The highest BCUT2D eigenvalue weighted by atomic mass is 35.5. The van der Waals surface area contributed by atoms with E-state index in [0.29, 0.717) is 10.6 Å². The normalized spacial score (nSPS) is 10.3. The molecule has 2 amide bonds. The number of rotatable bonds is 6. The van der Waals surface area contributed by atoms with Crippen LogP contribution in [0.3, 0.4) is 0 Å². The standard InChI is InChI=1S/C19H21ClN2O2/c1-3-4-5-13-6-9-15(10-7-13)22-18(23)14-8-11-17(20)16(12-14)19(24)21-2/h6-12H,3-5H2,1-2H3,(H,21,24)(H,22,23). The largest absolute Gasteiger partial charge is 0.355 e. The topological polar surface area (TPSA) is 58.2 Å². The fourth-order valence-electron chi connectivity index (χ4n) is 2.31. The van der Waals surface area contributed by atoms with Crippen LogP contribution in [-0.2, 0) is 6.42 Å². The molecule has 0 bridgehead atoms. The Morgan fingerprint density at radius 1 is 1.04 bits per heavy atom. The number of aryl methyl sites for hydroxylation is 1. The number of hydrogen-bond acceptors (Lipinski definition) is 2. The van der Waals surface area contributed by atoms with E-state index in [0.717, 1.165) is 24.9 Å². The number of benzene rings is 2. The third kappa shape index (κ3) is 4.59. The van der Waals surface area contributed by atoms with Crippen LogP contribution in [0.15, 0.2) is 42.5 Å². The molecule has 2 aromatic carbocycles. The van der Waals surface area contributed by atoms with Gasteiger partial charge in [0.2, 0.25) is 0 Å². The average Bonchev–Trinajstić information content (AvgIpc) is 2.60. The molecule has 2 N–H and O–H groups in total. The summed E-state index contributed by atoms with van der Waals surface area (Å²) in [5.41, 5.74) is 2.63. The van der Waals surface area contributed by atoms with Crippen molar-refractivity contribution in [3.8, 4) is 0 Å². The zero-order valence-corrected chi connectivity index (χ0v) is 14.6. The summed E-state index contributed by atoms with van der Waals surface area (Å²) in [7, 11) is 1.52. The summed E-state index contributed by atoms with van der Waals surface area (Å²) >= 11 is 6.00. The molecule has 2 aromatic rings. The number of halogens is 1. The van der Waals surface area contributed by atoms with E-state index < -0.39 is 0 Å². The Morgan fingerprint density at radius 3 is 2.38 bits per heavy atom. The number of unbranched alkanes of at least 4 members (excludes halogenated alkanes) is 1. The van der Waals surface area contributed by atoms with Crippen LogP contribution in [0.4, 0.5) is 5.69 Å². The van der Waals surface area contributed by atoms with Gasteiger partial charge in [-0.15, -0.1) is 0 Å². The SMILES string of the molecule is CCCCc1ccc(NC(=O)c2ccc(Cl)c(C(=O)NC)c2)cc1. The summed E-state index contributed by atoms with van der Waals surface area (Å²) in [6.45, 7) is 2.16. The first-order chi connectivity index (χ1) is 11.5. The van der Waals surface area contributed by atoms with E-state index in [1.165, 1.54) is 18.7 Å². The van der Waals surface area contributed by atoms with Crippen molar-refractivity contribution < 1.29 is 9.59 Å². The zero-order valence-electron chi connectivity index (χ0n) is 13.9. The highest BCUT2D eigenvalue weighted by Crippen LogP contribution is 2.19. The van der Waals surface area contributed by atoms with Gasteiger partial charge < -0.3 is 10.6 Å². The molecule has 0 spiro atoms. The lowest BCUT2D eigenvalue weighted by molar-refractivity contribution is 0.0963. The predicted octanol–water partition coefficient (Wildman–Crippen LogP) is 4.29. The Bertz CT molecular complexity index is 727. The average molecular weight is 345 g/mol. The van der Waals surface area contributed by atoms with Crippen molar-refractivity contribution >= 4 is 29.1 Å². The van der Waals surface area contributed by atoms with Crippen molar-refractivity contribution in [3.63, 3.8) is 0 Å². The number of nitrogens with one attached hydrogen (secondary N) is 2. The van der Waals surface area contributed by atoms with Gasteiger partial charge in [-0.3, -0.25) is 9.59 Å². The fraction of sp³-hybridized carbons (Fsp3) is 0.263. The fourth-order valence-corrected chi connectivity index (χ4v) is 2.52. The van der Waals surface area contributed by atoms with E-state index >= 15 is 0 Å². The van der Waals surface area contributed by atoms with Gasteiger partial charge in [0.1, 0.15) is 0 Å². The second-order valence-corrected chi connectivity index (χ2v) is 5.94. The summed E-state index contributed by atoms with van der Waals surface area (Å²) < 4.78 is 0.